The average Bonchev–Trinajstić information content (AvgIpc) is 3.01. The van der Waals surface area contributed by atoms with E-state index in [0.717, 1.165) is 31.1 Å². The Kier molecular flexibility index (Phi) is 2.75. The van der Waals surface area contributed by atoms with Crippen LogP contribution in [0, 0.1) is 0 Å². The van der Waals surface area contributed by atoms with Crippen molar-refractivity contribution < 1.29 is 4.74 Å². The normalized spacial score (nSPS) is 19.4. The molecule has 5 nitrogen and oxygen atoms in total. The van der Waals surface area contributed by atoms with Crippen LogP contribution in [0.1, 0.15) is 6.42 Å². The first kappa shape index (κ1) is 10.3. The number of anilines is 1. The minimum Gasteiger partial charge on any atom is -0.379 e. The third-order valence-corrected chi connectivity index (χ3v) is 2.79. The van der Waals surface area contributed by atoms with Crippen molar-refractivity contribution in [3.63, 3.8) is 0 Å². The Morgan fingerprint density at radius 1 is 1.41 bits per heavy atom. The number of hydrogen-bond donors (Lipinski definition) is 1. The zero-order valence-electron chi connectivity index (χ0n) is 9.41. The van der Waals surface area contributed by atoms with Gasteiger partial charge in [0.1, 0.15) is 0 Å². The van der Waals surface area contributed by atoms with Gasteiger partial charge in [0.15, 0.2) is 5.82 Å². The highest BCUT2D eigenvalue weighted by molar-refractivity contribution is 5.44. The molecule has 2 aromatic heterocycles. The van der Waals surface area contributed by atoms with Crippen molar-refractivity contribution >= 4 is 5.69 Å². The van der Waals surface area contributed by atoms with Crippen LogP contribution in [-0.4, -0.2) is 34.0 Å². The van der Waals surface area contributed by atoms with E-state index in [1.165, 1.54) is 0 Å². The highest BCUT2D eigenvalue weighted by Gasteiger charge is 2.14. The Balaban J connectivity index is 1.71. The van der Waals surface area contributed by atoms with Crippen LogP contribution in [0.25, 0.3) is 5.82 Å². The van der Waals surface area contributed by atoms with Gasteiger partial charge in [-0.2, -0.15) is 5.10 Å². The molecule has 1 aliphatic rings. The Morgan fingerprint density at radius 2 is 2.41 bits per heavy atom. The topological polar surface area (TPSA) is 52.0 Å². The van der Waals surface area contributed by atoms with Crippen molar-refractivity contribution in [2.45, 2.75) is 12.5 Å². The molecule has 1 saturated heterocycles. The fourth-order valence-corrected chi connectivity index (χ4v) is 1.90. The summed E-state index contributed by atoms with van der Waals surface area (Å²) in [4.78, 5) is 4.36. The van der Waals surface area contributed by atoms with Crippen molar-refractivity contribution in [1.82, 2.24) is 14.8 Å². The summed E-state index contributed by atoms with van der Waals surface area (Å²) in [6.45, 7) is 1.62. The molecule has 0 saturated carbocycles. The number of pyridine rings is 1. The molecule has 1 fully saturated rings. The molecule has 88 valence electrons. The monoisotopic (exact) mass is 230 g/mol. The van der Waals surface area contributed by atoms with Gasteiger partial charge < -0.3 is 10.1 Å². The summed E-state index contributed by atoms with van der Waals surface area (Å²) in [5, 5.41) is 7.53. The third-order valence-electron chi connectivity index (χ3n) is 2.79. The number of nitrogens with one attached hydrogen (secondary N) is 1. The van der Waals surface area contributed by atoms with E-state index in [-0.39, 0.29) is 0 Å². The van der Waals surface area contributed by atoms with Crippen molar-refractivity contribution in [2.24, 2.45) is 0 Å². The lowest BCUT2D eigenvalue weighted by atomic mass is 10.2. The third kappa shape index (κ3) is 2.29. The van der Waals surface area contributed by atoms with Crippen LogP contribution in [0.3, 0.4) is 0 Å². The molecule has 1 aliphatic heterocycles. The fourth-order valence-electron chi connectivity index (χ4n) is 1.90. The van der Waals surface area contributed by atoms with E-state index in [9.17, 15) is 0 Å². The average molecular weight is 230 g/mol. The highest BCUT2D eigenvalue weighted by atomic mass is 16.5. The first-order valence-corrected chi connectivity index (χ1v) is 5.72. The Labute approximate surface area is 99.4 Å². The van der Waals surface area contributed by atoms with Crippen molar-refractivity contribution in [2.75, 3.05) is 18.5 Å². The van der Waals surface area contributed by atoms with Gasteiger partial charge in [0.25, 0.3) is 0 Å². The smallest absolute Gasteiger partial charge is 0.153 e. The summed E-state index contributed by atoms with van der Waals surface area (Å²) in [6.07, 6.45) is 6.50. The van der Waals surface area contributed by atoms with Crippen LogP contribution in [0.15, 0.2) is 36.8 Å². The van der Waals surface area contributed by atoms with E-state index >= 15 is 0 Å². The molecule has 1 N–H and O–H groups in total. The van der Waals surface area contributed by atoms with Gasteiger partial charge in [0, 0.05) is 19.0 Å². The first-order chi connectivity index (χ1) is 8.42. The molecule has 0 aromatic carbocycles. The summed E-state index contributed by atoms with van der Waals surface area (Å²) in [5.74, 6) is 0.822. The van der Waals surface area contributed by atoms with Gasteiger partial charge in [0.2, 0.25) is 0 Å². The quantitative estimate of drug-likeness (QED) is 0.867. The Bertz CT molecular complexity index is 460. The van der Waals surface area contributed by atoms with Crippen LogP contribution in [0.2, 0.25) is 0 Å². The summed E-state index contributed by atoms with van der Waals surface area (Å²) in [7, 11) is 0. The maximum atomic E-state index is 5.31. The number of hydrogen-bond acceptors (Lipinski definition) is 4. The minimum atomic E-state index is 0.410. The van der Waals surface area contributed by atoms with Crippen LogP contribution in [0.4, 0.5) is 5.69 Å². The van der Waals surface area contributed by atoms with Crippen molar-refractivity contribution in [3.8, 4) is 5.82 Å². The Morgan fingerprint density at radius 3 is 3.06 bits per heavy atom. The molecular weight excluding hydrogens is 216 g/mol. The zero-order valence-corrected chi connectivity index (χ0v) is 9.41. The second kappa shape index (κ2) is 4.55. The lowest BCUT2D eigenvalue weighted by molar-refractivity contribution is 0.195. The molecule has 0 amide bonds. The maximum Gasteiger partial charge on any atom is 0.153 e. The molecule has 0 bridgehead atoms. The molecule has 0 spiro atoms. The molecule has 0 radical (unpaired) electrons. The lowest BCUT2D eigenvalue weighted by Gasteiger charge is -2.11. The fraction of sp³-hybridized carbons (Fsp3) is 0.333. The first-order valence-electron chi connectivity index (χ1n) is 5.72. The second-order valence-electron chi connectivity index (χ2n) is 4.06. The van der Waals surface area contributed by atoms with Crippen LogP contribution in [-0.2, 0) is 4.74 Å². The van der Waals surface area contributed by atoms with Gasteiger partial charge in [-0.3, -0.25) is 0 Å². The Hall–Kier alpha value is -1.88. The van der Waals surface area contributed by atoms with Gasteiger partial charge in [-0.15, -0.1) is 0 Å². The van der Waals surface area contributed by atoms with Crippen molar-refractivity contribution in [1.29, 1.82) is 0 Å². The number of ether oxygens (including phenoxy) is 1. The van der Waals surface area contributed by atoms with E-state index in [1.54, 1.807) is 10.9 Å². The number of rotatable bonds is 3. The molecule has 17 heavy (non-hydrogen) atoms. The molecule has 3 rings (SSSR count). The predicted molar refractivity (Wildman–Crippen MR) is 64.2 cm³/mol. The standard InChI is InChI=1S/C12H14N4O/c1-5-14-16(6-1)12-3-2-10(8-13-12)15-11-4-7-17-9-11/h1-3,5-6,8,11,15H,4,7,9H2. The highest BCUT2D eigenvalue weighted by Crippen LogP contribution is 2.14. The van der Waals surface area contributed by atoms with Gasteiger partial charge >= 0.3 is 0 Å². The van der Waals surface area contributed by atoms with E-state index < -0.39 is 0 Å². The summed E-state index contributed by atoms with van der Waals surface area (Å²) < 4.78 is 7.05. The van der Waals surface area contributed by atoms with Gasteiger partial charge in [-0.05, 0) is 24.6 Å². The van der Waals surface area contributed by atoms with Gasteiger partial charge in [0.05, 0.1) is 24.5 Å². The molecule has 1 atom stereocenters. The maximum absolute atomic E-state index is 5.31. The van der Waals surface area contributed by atoms with Gasteiger partial charge in [-0.1, -0.05) is 0 Å². The van der Waals surface area contributed by atoms with Crippen LogP contribution in [0.5, 0.6) is 0 Å². The number of nitrogens with zero attached hydrogens (tertiary/aromatic N) is 3. The lowest BCUT2D eigenvalue weighted by Crippen LogP contribution is -2.18. The molecule has 2 aromatic rings. The molecule has 0 aliphatic carbocycles. The molecule has 3 heterocycles. The van der Waals surface area contributed by atoms with E-state index in [0.29, 0.717) is 6.04 Å². The van der Waals surface area contributed by atoms with E-state index in [2.05, 4.69) is 15.4 Å². The second-order valence-corrected chi connectivity index (χ2v) is 4.06. The molecule has 1 unspecified atom stereocenters. The van der Waals surface area contributed by atoms with E-state index in [1.807, 2.05) is 30.6 Å². The van der Waals surface area contributed by atoms with Crippen molar-refractivity contribution in [3.05, 3.63) is 36.8 Å². The predicted octanol–water partition coefficient (Wildman–Crippen LogP) is 1.47. The molecular formula is C12H14N4O. The summed E-state index contributed by atoms with van der Waals surface area (Å²) in [5.41, 5.74) is 1.02. The number of aromatic nitrogens is 3. The summed E-state index contributed by atoms with van der Waals surface area (Å²) in [6, 6.07) is 6.25. The van der Waals surface area contributed by atoms with Crippen LogP contribution < -0.4 is 5.32 Å². The largest absolute Gasteiger partial charge is 0.379 e. The van der Waals surface area contributed by atoms with Gasteiger partial charge in [-0.25, -0.2) is 9.67 Å². The van der Waals surface area contributed by atoms with Crippen LogP contribution >= 0.6 is 0 Å². The summed E-state index contributed by atoms with van der Waals surface area (Å²) >= 11 is 0. The van der Waals surface area contributed by atoms with E-state index in [4.69, 9.17) is 4.74 Å². The minimum absolute atomic E-state index is 0.410. The molecule has 5 heteroatoms. The SMILES string of the molecule is c1cnn(-c2ccc(NC3CCOC3)cn2)c1. The zero-order chi connectivity index (χ0) is 11.5.